The van der Waals surface area contributed by atoms with Gasteiger partial charge in [0.15, 0.2) is 11.6 Å². The number of aliphatic hydroxyl groups excluding tert-OH is 4. The summed E-state index contributed by atoms with van der Waals surface area (Å²) in [4.78, 5) is 25.6. The molecule has 0 fully saturated rings. The van der Waals surface area contributed by atoms with E-state index >= 15 is 0 Å². The molecule has 0 bridgehead atoms. The summed E-state index contributed by atoms with van der Waals surface area (Å²) in [5.74, 6) is -1.58. The molecule has 0 aliphatic carbocycles. The largest absolute Gasteiger partial charge is 1.00 e. The van der Waals surface area contributed by atoms with Crippen molar-refractivity contribution < 1.29 is 131 Å². The van der Waals surface area contributed by atoms with Crippen molar-refractivity contribution in [1.82, 2.24) is 29.9 Å². The van der Waals surface area contributed by atoms with E-state index in [-0.39, 0.29) is 149 Å². The molecule has 0 atom stereocenters. The van der Waals surface area contributed by atoms with Crippen molar-refractivity contribution in [3.05, 3.63) is 90.0 Å². The molecule has 4 aromatic carbocycles. The Hall–Kier alpha value is -4.88. The molecule has 73 heavy (non-hydrogen) atoms. The number of nitrogens with one attached hydrogen (secondary N) is 2. The Morgan fingerprint density at radius 2 is 0.959 bits per heavy atom. The van der Waals surface area contributed by atoms with Gasteiger partial charge in [0.1, 0.15) is 20.2 Å². The molecule has 2 aromatic heterocycles. The van der Waals surface area contributed by atoms with E-state index in [1.165, 1.54) is 40.1 Å². The monoisotopic (exact) mass is 1110 g/mol. The van der Waals surface area contributed by atoms with Gasteiger partial charge < -0.3 is 55.7 Å². The second-order valence-electron chi connectivity index (χ2n) is 14.7. The number of nitrogens with two attached hydrogens (primary N) is 1. The molecular weight excluding hydrogens is 1060 g/mol. The molecule has 6 rings (SSSR count). The average molecular weight is 1110 g/mol. The second-order valence-corrected chi connectivity index (χ2v) is 20.2. The Labute approximate surface area is 461 Å². The van der Waals surface area contributed by atoms with Crippen molar-refractivity contribution in [1.29, 1.82) is 0 Å². The second kappa shape index (κ2) is 25.6. The van der Waals surface area contributed by atoms with Gasteiger partial charge in [-0.3, -0.25) is 9.11 Å². The Balaban J connectivity index is 0.00000578. The molecule has 378 valence electrons. The maximum Gasteiger partial charge on any atom is 1.00 e. The van der Waals surface area contributed by atoms with E-state index in [1.54, 1.807) is 0 Å². The third-order valence-corrected chi connectivity index (χ3v) is 13.2. The fourth-order valence-electron chi connectivity index (χ4n) is 6.58. The molecule has 0 saturated carbocycles. The average Bonchev–Trinajstić information content (AvgIpc) is 3.29. The van der Waals surface area contributed by atoms with Crippen LogP contribution in [0.25, 0.3) is 34.9 Å². The first-order chi connectivity index (χ1) is 33.4. The van der Waals surface area contributed by atoms with Crippen molar-refractivity contribution in [2.45, 2.75) is 19.6 Å². The third-order valence-electron chi connectivity index (χ3n) is 9.74. The van der Waals surface area contributed by atoms with Crippen molar-refractivity contribution in [3.63, 3.8) is 0 Å². The molecule has 0 spiro atoms. The molecule has 0 radical (unpaired) electrons. The molecule has 0 aliphatic heterocycles. The number of nitrogen functional groups attached to an aromatic ring is 1. The number of nitrogens with zero attached hydrogens (tertiary/aromatic N) is 8. The standard InChI is InChI=1S/C40H43N11O16S4.2Na/c41-32-19-26(36-45-38(49-40(47-36)51(13-17-54)14-18-55)43-28-4-2-6-30(23-28)69(59,60)61)21-34(71(65,66)67)31(32)10-9-24-7-8-25(20-33(24)70(62,63)64)35-44-37(48-39(46-35)50(11-15-52)12-16-53)42-27-3-1-5-29(22-27)68(56,57)58;;/h1-10,19-23,52-55H,11-18,41H2,(H,56,57,58)(H,59,60,61)(H,62,63,64)(H,65,66,67)(H,42,44,46,48)(H,43,45,47,49);;/q;2*+1/p-2. The Kier molecular flexibility index (Phi) is 21.3. The van der Waals surface area contributed by atoms with Crippen LogP contribution in [0.4, 0.5) is 40.9 Å². The molecule has 6 aromatic rings. The summed E-state index contributed by atoms with van der Waals surface area (Å²) in [5.41, 5.74) is 4.89. The van der Waals surface area contributed by atoms with E-state index in [4.69, 9.17) is 5.73 Å². The predicted molar refractivity (Wildman–Crippen MR) is 252 cm³/mol. The van der Waals surface area contributed by atoms with Crippen LogP contribution < -0.4 is 85.3 Å². The van der Waals surface area contributed by atoms with Gasteiger partial charge in [-0.25, -0.2) is 16.8 Å². The van der Waals surface area contributed by atoms with E-state index in [9.17, 15) is 72.3 Å². The molecule has 0 saturated heterocycles. The number of benzene rings is 4. The minimum absolute atomic E-state index is 0. The van der Waals surface area contributed by atoms with Crippen LogP contribution >= 0.6 is 0 Å². The van der Waals surface area contributed by atoms with Gasteiger partial charge in [-0.2, -0.15) is 46.7 Å². The van der Waals surface area contributed by atoms with Crippen LogP contribution in [-0.4, -0.2) is 155 Å². The Morgan fingerprint density at radius 3 is 1.37 bits per heavy atom. The molecule has 2 heterocycles. The Morgan fingerprint density at radius 1 is 0.534 bits per heavy atom. The van der Waals surface area contributed by atoms with E-state index in [1.807, 2.05) is 0 Å². The summed E-state index contributed by atoms with van der Waals surface area (Å²) >= 11 is 0. The molecule has 0 unspecified atom stereocenters. The van der Waals surface area contributed by atoms with Crippen molar-refractivity contribution >= 4 is 93.5 Å². The third kappa shape index (κ3) is 16.1. The van der Waals surface area contributed by atoms with Gasteiger partial charge in [0, 0.05) is 59.9 Å². The maximum atomic E-state index is 12.9. The van der Waals surface area contributed by atoms with Crippen molar-refractivity contribution in [2.24, 2.45) is 0 Å². The zero-order valence-corrected chi connectivity index (χ0v) is 45.6. The van der Waals surface area contributed by atoms with Crippen LogP contribution in [0.15, 0.2) is 98.4 Å². The molecular formula is C40H41N11Na2O16S4. The van der Waals surface area contributed by atoms with Crippen molar-refractivity contribution in [2.75, 3.05) is 78.8 Å². The number of aromatic nitrogens is 6. The van der Waals surface area contributed by atoms with Crippen molar-refractivity contribution in [3.8, 4) is 22.8 Å². The molecule has 10 N–H and O–H groups in total. The van der Waals surface area contributed by atoms with E-state index < -0.39 is 97.7 Å². The van der Waals surface area contributed by atoms with Gasteiger partial charge in [0.25, 0.3) is 20.2 Å². The van der Waals surface area contributed by atoms with Crippen LogP contribution in [0.5, 0.6) is 0 Å². The first-order valence-electron chi connectivity index (χ1n) is 20.2. The first kappa shape index (κ1) is 60.7. The number of anilines is 7. The molecule has 0 amide bonds. The van der Waals surface area contributed by atoms with Gasteiger partial charge in [0.05, 0.1) is 46.0 Å². The zero-order chi connectivity index (χ0) is 51.9. The SMILES string of the molecule is Nc1cc(-c2nc(Nc3cccc(S(=O)(=O)O)c3)nc(N(CCO)CCO)n2)cc(S(=O)(=O)[O-])c1C=Cc1ccc(-c2nc(Nc3cccc(S(=O)(=O)O)c3)nc(N(CCO)CCO)n2)cc1S(=O)(=O)[O-].[Na+].[Na+]. The molecule has 0 aliphatic rings. The summed E-state index contributed by atoms with van der Waals surface area (Å²) in [6.07, 6.45) is 1.94. The summed E-state index contributed by atoms with van der Waals surface area (Å²) in [7, 11) is -20.2. The summed E-state index contributed by atoms with van der Waals surface area (Å²) in [6, 6.07) is 14.9. The first-order valence-corrected chi connectivity index (χ1v) is 25.9. The minimum Gasteiger partial charge on any atom is -0.744 e. The predicted octanol–water partition coefficient (Wildman–Crippen LogP) is -5.48. The van der Waals surface area contributed by atoms with E-state index in [0.29, 0.717) is 0 Å². The van der Waals surface area contributed by atoms with Gasteiger partial charge >= 0.3 is 59.1 Å². The quantitative estimate of drug-likeness (QED) is 0.0133. The smallest absolute Gasteiger partial charge is 0.744 e. The fraction of sp³-hybridized carbons (Fsp3) is 0.200. The van der Waals surface area contributed by atoms with Crippen LogP contribution in [0.3, 0.4) is 0 Å². The normalized spacial score (nSPS) is 11.9. The number of hydrogen-bond acceptors (Lipinski definition) is 25. The van der Waals surface area contributed by atoms with Gasteiger partial charge in [0.2, 0.25) is 23.8 Å². The maximum absolute atomic E-state index is 12.9. The Bertz CT molecular complexity index is 3450. The van der Waals surface area contributed by atoms with Crippen LogP contribution in [0.2, 0.25) is 0 Å². The number of hydrogen-bond donors (Lipinski definition) is 9. The van der Waals surface area contributed by atoms with Gasteiger partial charge in [-0.05, 0) is 60.2 Å². The van der Waals surface area contributed by atoms with Gasteiger partial charge in [-0.15, -0.1) is 0 Å². The number of rotatable bonds is 22. The molecule has 27 nitrogen and oxygen atoms in total. The minimum atomic E-state index is -5.46. The summed E-state index contributed by atoms with van der Waals surface area (Å²) in [6.45, 7) is -2.26. The summed E-state index contributed by atoms with van der Waals surface area (Å²) < 4.78 is 143. The summed E-state index contributed by atoms with van der Waals surface area (Å²) in [5, 5.41) is 44.3. The van der Waals surface area contributed by atoms with E-state index in [0.717, 1.165) is 60.7 Å². The van der Waals surface area contributed by atoms with Gasteiger partial charge in [-0.1, -0.05) is 36.4 Å². The number of aliphatic hydroxyl groups is 4. The molecule has 33 heteroatoms. The van der Waals surface area contributed by atoms with E-state index in [2.05, 4.69) is 40.5 Å². The topological polar surface area (TPSA) is 438 Å². The van der Waals surface area contributed by atoms with Crippen LogP contribution in [-0.2, 0) is 40.5 Å². The fourth-order valence-corrected chi connectivity index (χ4v) is 9.05. The van der Waals surface area contributed by atoms with Crippen LogP contribution in [0, 0.1) is 0 Å². The van der Waals surface area contributed by atoms with Crippen LogP contribution in [0.1, 0.15) is 11.1 Å². The zero-order valence-electron chi connectivity index (χ0n) is 38.4.